The predicted octanol–water partition coefficient (Wildman–Crippen LogP) is 25.5. The van der Waals surface area contributed by atoms with E-state index in [0.717, 1.165) is 44.1 Å². The standard InChI is InChI=1S/C42H66.C6H10.C3H8.C3H6.6C2H6.CH4/c1-14-20-22-25-33(9)36(12)42(37(13)38(17-4)24-16-3)31-39(18-5)40(26-23-21-15-2)30-29-35(11)41(19-6)34(10)28-27-32(7)8;1-4-5-6(2)3;2*1-3-2;6*1-2;/h18-19,22-23,25-28,30-33,35H,5-6,14-17,20-21,24,29H2,1-4,7-13H3;4-5H,2H2,1,3H3;3H2,1-2H3;3H,1H2,2H3;6*1-2H3;1H4/b25-22-,26-23-,28-27-,38-37+,39-31+,40-30+,41-34+,42-36-;5-4-;;;;;;;;;. The van der Waals surface area contributed by atoms with Crippen LogP contribution in [0.15, 0.2) is 155 Å². The molecule has 0 saturated carbocycles. The number of rotatable bonds is 21. The first-order valence-corrected chi connectivity index (χ1v) is 27.3. The summed E-state index contributed by atoms with van der Waals surface area (Å²) in [6.07, 6.45) is 38.7. The first kappa shape index (κ1) is 90.1. The van der Waals surface area contributed by atoms with Gasteiger partial charge in [-0.2, -0.15) is 0 Å². The minimum Gasteiger partial charge on any atom is -0.103 e. The van der Waals surface area contributed by atoms with Crippen LogP contribution in [0.3, 0.4) is 0 Å². The fourth-order valence-corrected chi connectivity index (χ4v) is 5.47. The third-order valence-electron chi connectivity index (χ3n) is 8.59. The molecule has 0 N–H and O–H groups in total. The molecular weight excluding hydrogens is 805 g/mol. The van der Waals surface area contributed by atoms with Crippen molar-refractivity contribution in [3.8, 4) is 0 Å². The Labute approximate surface area is 430 Å². The molecule has 0 heteroatoms. The molecular formula is C67H130. The van der Waals surface area contributed by atoms with Crippen LogP contribution in [-0.2, 0) is 0 Å². The Kier molecular flexibility index (Phi) is 107. The van der Waals surface area contributed by atoms with Gasteiger partial charge in [-0.1, -0.05) is 295 Å². The average Bonchev–Trinajstić information content (AvgIpc) is 3.33. The zero-order valence-corrected chi connectivity index (χ0v) is 50.9. The van der Waals surface area contributed by atoms with Gasteiger partial charge in [-0.15, -0.1) is 6.58 Å². The molecule has 0 nitrogen and oxygen atoms in total. The zero-order valence-electron chi connectivity index (χ0n) is 50.9. The summed E-state index contributed by atoms with van der Waals surface area (Å²) < 4.78 is 0. The van der Waals surface area contributed by atoms with Gasteiger partial charge in [-0.3, -0.25) is 0 Å². The summed E-state index contributed by atoms with van der Waals surface area (Å²) in [5.74, 6) is 1.29. The lowest BCUT2D eigenvalue weighted by molar-refractivity contribution is 0.705. The Morgan fingerprint density at radius 3 is 1.36 bits per heavy atom. The lowest BCUT2D eigenvalue weighted by Crippen LogP contribution is -2.02. The fraction of sp³-hybridized carbons (Fsp3) is 0.612. The van der Waals surface area contributed by atoms with Gasteiger partial charge in [0.25, 0.3) is 0 Å². The van der Waals surface area contributed by atoms with E-state index in [1.165, 1.54) is 58.3 Å². The first-order valence-electron chi connectivity index (χ1n) is 27.3. The molecule has 0 fully saturated rings. The summed E-state index contributed by atoms with van der Waals surface area (Å²) >= 11 is 0. The molecule has 0 aromatic rings. The molecule has 0 rings (SSSR count). The molecule has 0 bridgehead atoms. The van der Waals surface area contributed by atoms with E-state index in [-0.39, 0.29) is 7.43 Å². The molecule has 2 unspecified atom stereocenters. The zero-order chi connectivity index (χ0) is 54.5. The molecule has 0 aliphatic carbocycles. The SMILES string of the molecule is C.C=C(C)/C=C\C.C=C/C(=C(C)\C=C/C(C)C)C(C)C/C=C(\C=C/CCC)C(/C=C)=C/C(=C(\C)C(C)/C=C\CCC)C(/C)=C(\CC)CCC.C=CC.CC.CC.CC.CC.CC.CC.CCC. The number of hydrogen-bond donors (Lipinski definition) is 0. The second-order valence-corrected chi connectivity index (χ2v) is 14.6. The number of allylic oxidation sites excluding steroid dienone is 22. The lowest BCUT2D eigenvalue weighted by Gasteiger charge is -2.19. The Balaban J connectivity index is -0.000000117. The van der Waals surface area contributed by atoms with Crippen molar-refractivity contribution in [3.05, 3.63) is 155 Å². The summed E-state index contributed by atoms with van der Waals surface area (Å²) in [4.78, 5) is 0. The minimum atomic E-state index is 0. The molecule has 67 heavy (non-hydrogen) atoms. The van der Waals surface area contributed by atoms with Crippen molar-refractivity contribution in [2.75, 3.05) is 0 Å². The van der Waals surface area contributed by atoms with E-state index in [1.54, 1.807) is 11.6 Å². The highest BCUT2D eigenvalue weighted by molar-refractivity contribution is 5.55. The van der Waals surface area contributed by atoms with E-state index < -0.39 is 0 Å². The molecule has 0 saturated heterocycles. The van der Waals surface area contributed by atoms with Crippen LogP contribution < -0.4 is 0 Å². The van der Waals surface area contributed by atoms with E-state index in [1.807, 2.05) is 122 Å². The maximum atomic E-state index is 4.31. The molecule has 0 aliphatic heterocycles. The van der Waals surface area contributed by atoms with Gasteiger partial charge in [-0.25, -0.2) is 0 Å². The Morgan fingerprint density at radius 2 is 1.03 bits per heavy atom. The lowest BCUT2D eigenvalue weighted by atomic mass is 9.86. The van der Waals surface area contributed by atoms with Gasteiger partial charge >= 0.3 is 0 Å². The van der Waals surface area contributed by atoms with Gasteiger partial charge in [0.15, 0.2) is 0 Å². The monoisotopic (exact) mass is 935 g/mol. The van der Waals surface area contributed by atoms with E-state index in [4.69, 9.17) is 0 Å². The summed E-state index contributed by atoms with van der Waals surface area (Å²) in [5, 5.41) is 0. The number of unbranched alkanes of at least 4 members (excludes halogenated alkanes) is 2. The van der Waals surface area contributed by atoms with Gasteiger partial charge in [-0.05, 0) is 131 Å². The summed E-state index contributed by atoms with van der Waals surface area (Å²) in [5.41, 5.74) is 12.0. The topological polar surface area (TPSA) is 0 Å². The molecule has 0 heterocycles. The van der Waals surface area contributed by atoms with Crippen molar-refractivity contribution in [2.45, 2.75) is 259 Å². The molecule has 0 radical (unpaired) electrons. The van der Waals surface area contributed by atoms with Crippen LogP contribution in [0.1, 0.15) is 259 Å². The van der Waals surface area contributed by atoms with E-state index >= 15 is 0 Å². The maximum absolute atomic E-state index is 4.31. The van der Waals surface area contributed by atoms with Crippen LogP contribution in [0.25, 0.3) is 0 Å². The van der Waals surface area contributed by atoms with E-state index in [9.17, 15) is 0 Å². The Morgan fingerprint density at radius 1 is 0.582 bits per heavy atom. The predicted molar refractivity (Wildman–Crippen MR) is 331 cm³/mol. The number of hydrogen-bond acceptors (Lipinski definition) is 0. The van der Waals surface area contributed by atoms with Crippen molar-refractivity contribution in [1.29, 1.82) is 0 Å². The van der Waals surface area contributed by atoms with Crippen molar-refractivity contribution < 1.29 is 0 Å². The van der Waals surface area contributed by atoms with Gasteiger partial charge in [0, 0.05) is 0 Å². The molecule has 2 atom stereocenters. The van der Waals surface area contributed by atoms with Crippen molar-refractivity contribution >= 4 is 0 Å². The van der Waals surface area contributed by atoms with Crippen molar-refractivity contribution in [1.82, 2.24) is 0 Å². The highest BCUT2D eigenvalue weighted by Crippen LogP contribution is 2.31. The Hall–Kier alpha value is -3.38. The van der Waals surface area contributed by atoms with Gasteiger partial charge in [0.2, 0.25) is 0 Å². The minimum absolute atomic E-state index is 0. The molecule has 398 valence electrons. The van der Waals surface area contributed by atoms with Crippen LogP contribution in [0, 0.1) is 17.8 Å². The molecule has 0 aromatic heterocycles. The Bertz CT molecular complexity index is 1300. The van der Waals surface area contributed by atoms with Gasteiger partial charge in [0.1, 0.15) is 0 Å². The van der Waals surface area contributed by atoms with Crippen LogP contribution in [0.5, 0.6) is 0 Å². The van der Waals surface area contributed by atoms with Crippen LogP contribution in [0.2, 0.25) is 0 Å². The maximum Gasteiger partial charge on any atom is -0.00453 e. The summed E-state index contributed by atoms with van der Waals surface area (Å²) in [6, 6.07) is 0. The highest BCUT2D eigenvalue weighted by atomic mass is 14.2. The third kappa shape index (κ3) is 62.6. The molecule has 0 spiro atoms. The van der Waals surface area contributed by atoms with Gasteiger partial charge < -0.3 is 0 Å². The van der Waals surface area contributed by atoms with Crippen molar-refractivity contribution in [2.24, 2.45) is 17.8 Å². The van der Waals surface area contributed by atoms with E-state index in [0.29, 0.717) is 17.8 Å². The molecule has 0 aromatic carbocycles. The van der Waals surface area contributed by atoms with Crippen molar-refractivity contribution in [3.63, 3.8) is 0 Å². The largest absolute Gasteiger partial charge is 0.103 e. The van der Waals surface area contributed by atoms with Gasteiger partial charge in [0.05, 0.1) is 0 Å². The normalized spacial score (nSPS) is 12.3. The smallest absolute Gasteiger partial charge is 0.00453 e. The first-order chi connectivity index (χ1) is 31.6. The second-order valence-electron chi connectivity index (χ2n) is 14.6. The summed E-state index contributed by atoms with van der Waals surface area (Å²) in [6.45, 7) is 74.6. The average molecular weight is 936 g/mol. The van der Waals surface area contributed by atoms with Crippen LogP contribution in [-0.4, -0.2) is 0 Å². The van der Waals surface area contributed by atoms with Crippen LogP contribution >= 0.6 is 0 Å². The summed E-state index contributed by atoms with van der Waals surface area (Å²) in [7, 11) is 0. The second kappa shape index (κ2) is 79.7. The molecule has 0 aliphatic rings. The third-order valence-corrected chi connectivity index (χ3v) is 8.59. The molecule has 0 amide bonds. The quantitative estimate of drug-likeness (QED) is 0.0795. The highest BCUT2D eigenvalue weighted by Gasteiger charge is 2.14. The fourth-order valence-electron chi connectivity index (χ4n) is 5.47. The van der Waals surface area contributed by atoms with E-state index in [2.05, 4.69) is 171 Å². The van der Waals surface area contributed by atoms with Crippen LogP contribution in [0.4, 0.5) is 0 Å².